The molecule has 2 heterocycles. The Kier molecular flexibility index (Phi) is 5.07. The molecule has 25 heavy (non-hydrogen) atoms. The maximum atomic E-state index is 6.35. The third-order valence-corrected chi connectivity index (χ3v) is 5.25. The van der Waals surface area contributed by atoms with Gasteiger partial charge in [-0.2, -0.15) is 0 Å². The molecule has 0 saturated carbocycles. The first-order valence-electron chi connectivity index (χ1n) is 8.94. The van der Waals surface area contributed by atoms with Crippen molar-refractivity contribution < 1.29 is 4.74 Å². The van der Waals surface area contributed by atoms with E-state index in [1.165, 1.54) is 29.3 Å². The Bertz CT molecular complexity index is 852. The lowest BCUT2D eigenvalue weighted by molar-refractivity contribution is 0.110. The van der Waals surface area contributed by atoms with Gasteiger partial charge in [-0.15, -0.1) is 0 Å². The van der Waals surface area contributed by atoms with Crippen molar-refractivity contribution in [3.05, 3.63) is 70.9 Å². The van der Waals surface area contributed by atoms with Gasteiger partial charge in [-0.1, -0.05) is 48.0 Å². The quantitative estimate of drug-likeness (QED) is 0.699. The van der Waals surface area contributed by atoms with E-state index in [9.17, 15) is 0 Å². The molecule has 1 aliphatic heterocycles. The van der Waals surface area contributed by atoms with Crippen LogP contribution < -0.4 is 5.32 Å². The molecule has 4 heteroatoms. The van der Waals surface area contributed by atoms with Crippen molar-refractivity contribution in [3.63, 3.8) is 0 Å². The molecule has 0 radical (unpaired) electrons. The van der Waals surface area contributed by atoms with Crippen LogP contribution in [0.4, 0.5) is 0 Å². The van der Waals surface area contributed by atoms with E-state index < -0.39 is 0 Å². The summed E-state index contributed by atoms with van der Waals surface area (Å²) in [6, 6.07) is 16.6. The number of rotatable bonds is 6. The second-order valence-electron chi connectivity index (χ2n) is 6.66. The van der Waals surface area contributed by atoms with Gasteiger partial charge < -0.3 is 14.6 Å². The van der Waals surface area contributed by atoms with Crippen molar-refractivity contribution in [3.8, 4) is 0 Å². The monoisotopic (exact) mass is 354 g/mol. The Morgan fingerprint density at radius 3 is 2.76 bits per heavy atom. The van der Waals surface area contributed by atoms with Gasteiger partial charge in [-0.25, -0.2) is 0 Å². The Morgan fingerprint density at radius 1 is 1.08 bits per heavy atom. The Balaban J connectivity index is 1.54. The van der Waals surface area contributed by atoms with Crippen molar-refractivity contribution in [2.45, 2.75) is 32.0 Å². The molecule has 1 N–H and O–H groups in total. The first-order valence-corrected chi connectivity index (χ1v) is 9.31. The maximum absolute atomic E-state index is 6.35. The Hall–Kier alpha value is -1.81. The highest BCUT2D eigenvalue weighted by Crippen LogP contribution is 2.24. The maximum Gasteiger partial charge on any atom is 0.0700 e. The summed E-state index contributed by atoms with van der Waals surface area (Å²) in [5, 5.41) is 5.68. The molecular weight excluding hydrogens is 332 g/mol. The van der Waals surface area contributed by atoms with Crippen molar-refractivity contribution in [1.82, 2.24) is 9.88 Å². The summed E-state index contributed by atoms with van der Waals surface area (Å²) in [7, 11) is 0. The molecule has 1 aliphatic rings. The van der Waals surface area contributed by atoms with E-state index in [-0.39, 0.29) is 0 Å². The van der Waals surface area contributed by atoms with Gasteiger partial charge in [0.25, 0.3) is 0 Å². The lowest BCUT2D eigenvalue weighted by atomic mass is 10.1. The number of hydrogen-bond donors (Lipinski definition) is 1. The third-order valence-electron chi connectivity index (χ3n) is 4.88. The van der Waals surface area contributed by atoms with Crippen molar-refractivity contribution in [2.75, 3.05) is 13.2 Å². The second kappa shape index (κ2) is 7.61. The summed E-state index contributed by atoms with van der Waals surface area (Å²) < 4.78 is 7.98. The number of fused-ring (bicyclic) bond motifs is 1. The van der Waals surface area contributed by atoms with Crippen LogP contribution in [0.2, 0.25) is 5.02 Å². The molecule has 1 saturated heterocycles. The van der Waals surface area contributed by atoms with Crippen molar-refractivity contribution in [1.29, 1.82) is 0 Å². The minimum absolute atomic E-state index is 0.372. The minimum atomic E-state index is 0.372. The number of benzene rings is 2. The van der Waals surface area contributed by atoms with Crippen molar-refractivity contribution >= 4 is 22.5 Å². The van der Waals surface area contributed by atoms with Gasteiger partial charge in [-0.3, -0.25) is 0 Å². The summed E-state index contributed by atoms with van der Waals surface area (Å²) in [6.07, 6.45) is 4.97. The molecule has 0 aliphatic carbocycles. The zero-order chi connectivity index (χ0) is 17.1. The molecule has 0 spiro atoms. The van der Waals surface area contributed by atoms with Crippen LogP contribution in [0, 0.1) is 0 Å². The number of aromatic nitrogens is 1. The smallest absolute Gasteiger partial charge is 0.0700 e. The minimum Gasteiger partial charge on any atom is -0.377 e. The molecule has 0 amide bonds. The van der Waals surface area contributed by atoms with E-state index in [4.69, 9.17) is 16.3 Å². The topological polar surface area (TPSA) is 26.2 Å². The van der Waals surface area contributed by atoms with Crippen LogP contribution in [0.15, 0.2) is 54.7 Å². The molecular formula is C21H23ClN2O. The summed E-state index contributed by atoms with van der Waals surface area (Å²) in [5.74, 6) is 0. The van der Waals surface area contributed by atoms with E-state index in [1.807, 2.05) is 18.2 Å². The van der Waals surface area contributed by atoms with Crippen LogP contribution in [0.1, 0.15) is 24.0 Å². The van der Waals surface area contributed by atoms with E-state index in [1.54, 1.807) is 0 Å². The number of nitrogens with zero attached hydrogens (tertiary/aromatic N) is 1. The molecule has 1 fully saturated rings. The first kappa shape index (κ1) is 16.6. The molecule has 1 atom stereocenters. The zero-order valence-electron chi connectivity index (χ0n) is 14.2. The van der Waals surface area contributed by atoms with Gasteiger partial charge in [0.1, 0.15) is 0 Å². The predicted octanol–water partition coefficient (Wildman–Crippen LogP) is 4.61. The average Bonchev–Trinajstić information content (AvgIpc) is 3.26. The van der Waals surface area contributed by atoms with E-state index in [0.29, 0.717) is 6.10 Å². The molecule has 0 unspecified atom stereocenters. The molecule has 2 aromatic carbocycles. The molecule has 0 bridgehead atoms. The molecule has 1 aromatic heterocycles. The van der Waals surface area contributed by atoms with Crippen LogP contribution in [-0.2, 0) is 17.8 Å². The Labute approximate surface area is 153 Å². The predicted molar refractivity (Wildman–Crippen MR) is 103 cm³/mol. The van der Waals surface area contributed by atoms with Gasteiger partial charge in [0, 0.05) is 48.4 Å². The fourth-order valence-electron chi connectivity index (χ4n) is 3.58. The molecule has 4 rings (SSSR count). The van der Waals surface area contributed by atoms with Crippen LogP contribution in [0.5, 0.6) is 0 Å². The van der Waals surface area contributed by atoms with Crippen LogP contribution in [0.3, 0.4) is 0 Å². The van der Waals surface area contributed by atoms with Crippen LogP contribution in [0.25, 0.3) is 10.9 Å². The summed E-state index contributed by atoms with van der Waals surface area (Å²) >= 11 is 6.35. The lowest BCUT2D eigenvalue weighted by Crippen LogP contribution is -2.25. The summed E-state index contributed by atoms with van der Waals surface area (Å²) in [6.45, 7) is 3.47. The largest absolute Gasteiger partial charge is 0.377 e. The highest BCUT2D eigenvalue weighted by atomic mass is 35.5. The lowest BCUT2D eigenvalue weighted by Gasteiger charge is -2.10. The molecule has 3 aromatic rings. The third kappa shape index (κ3) is 3.74. The number of halogens is 1. The highest BCUT2D eigenvalue weighted by Gasteiger charge is 2.15. The standard InChI is InChI=1S/C21H23ClN2O/c22-20-9-3-1-6-16(20)14-24-15-17(19-8-2-4-10-21(19)24)12-23-13-18-7-5-11-25-18/h1-4,6,8-10,15,18,23H,5,7,11-14H2/t18-/m0/s1. The fourth-order valence-corrected chi connectivity index (χ4v) is 3.77. The number of hydrogen-bond acceptors (Lipinski definition) is 2. The molecule has 3 nitrogen and oxygen atoms in total. The fraction of sp³-hybridized carbons (Fsp3) is 0.333. The summed E-state index contributed by atoms with van der Waals surface area (Å²) in [5.41, 5.74) is 3.71. The van der Waals surface area contributed by atoms with Gasteiger partial charge in [0.2, 0.25) is 0 Å². The normalized spacial score (nSPS) is 17.4. The van der Waals surface area contributed by atoms with Crippen LogP contribution >= 0.6 is 11.6 Å². The second-order valence-corrected chi connectivity index (χ2v) is 7.06. The van der Waals surface area contributed by atoms with Crippen molar-refractivity contribution in [2.24, 2.45) is 0 Å². The zero-order valence-corrected chi connectivity index (χ0v) is 15.0. The van der Waals surface area contributed by atoms with Crippen LogP contribution in [-0.4, -0.2) is 23.8 Å². The summed E-state index contributed by atoms with van der Waals surface area (Å²) in [4.78, 5) is 0. The number of para-hydroxylation sites is 1. The average molecular weight is 355 g/mol. The number of nitrogens with one attached hydrogen (secondary N) is 1. The van der Waals surface area contributed by atoms with Gasteiger partial charge in [0.05, 0.1) is 6.10 Å². The first-order chi connectivity index (χ1) is 12.3. The SMILES string of the molecule is Clc1ccccc1Cn1cc(CNC[C@@H]2CCCO2)c2ccccc21. The highest BCUT2D eigenvalue weighted by molar-refractivity contribution is 6.31. The van der Waals surface area contributed by atoms with Gasteiger partial charge in [0.15, 0.2) is 0 Å². The van der Waals surface area contributed by atoms with Gasteiger partial charge in [-0.05, 0) is 36.1 Å². The van der Waals surface area contributed by atoms with E-state index in [0.717, 1.165) is 36.8 Å². The van der Waals surface area contributed by atoms with E-state index in [2.05, 4.69) is 46.4 Å². The Morgan fingerprint density at radius 2 is 1.92 bits per heavy atom. The number of ether oxygens (including phenoxy) is 1. The van der Waals surface area contributed by atoms with E-state index >= 15 is 0 Å². The van der Waals surface area contributed by atoms with Gasteiger partial charge >= 0.3 is 0 Å². The molecule has 130 valence electrons.